The first-order valence-electron chi connectivity index (χ1n) is 4.98. The topological polar surface area (TPSA) is 60.2 Å². The van der Waals surface area contributed by atoms with Gasteiger partial charge < -0.3 is 5.73 Å². The van der Waals surface area contributed by atoms with Gasteiger partial charge in [-0.2, -0.15) is 0 Å². The highest BCUT2D eigenvalue weighted by atomic mass is 32.2. The zero-order valence-electron chi connectivity index (χ0n) is 9.09. The molecule has 0 radical (unpaired) electrons. The summed E-state index contributed by atoms with van der Waals surface area (Å²) in [4.78, 5) is 0.240. The minimum atomic E-state index is -3.18. The lowest BCUT2D eigenvalue weighted by atomic mass is 10.2. The molecule has 0 amide bonds. The van der Waals surface area contributed by atoms with E-state index in [2.05, 4.69) is 12.2 Å². The molecule has 1 aromatic carbocycles. The Morgan fingerprint density at radius 3 is 2.44 bits per heavy atom. The summed E-state index contributed by atoms with van der Waals surface area (Å²) in [6, 6.07) is 9.13. The molecule has 88 valence electrons. The quantitative estimate of drug-likeness (QED) is 0.818. The van der Waals surface area contributed by atoms with Gasteiger partial charge in [0.05, 0.1) is 16.0 Å². The number of rotatable bonds is 5. The van der Waals surface area contributed by atoms with E-state index < -0.39 is 15.1 Å². The number of hydrogen-bond acceptors (Lipinski definition) is 3. The second-order valence-corrected chi connectivity index (χ2v) is 6.60. The maximum absolute atomic E-state index is 11.9. The third-order valence-corrected chi connectivity index (χ3v) is 4.77. The van der Waals surface area contributed by atoms with Crippen LogP contribution in [0.25, 0.3) is 0 Å². The molecule has 1 aromatic rings. The van der Waals surface area contributed by atoms with Crippen LogP contribution in [-0.2, 0) is 9.84 Å². The van der Waals surface area contributed by atoms with Crippen LogP contribution in [0.4, 0.5) is 0 Å². The molecule has 1 rings (SSSR count). The first kappa shape index (κ1) is 13.1. The summed E-state index contributed by atoms with van der Waals surface area (Å²) in [6.45, 7) is 1.68. The molecule has 2 N–H and O–H groups in total. The lowest BCUT2D eigenvalue weighted by Crippen LogP contribution is -2.19. The number of benzene rings is 1. The van der Waals surface area contributed by atoms with E-state index >= 15 is 0 Å². The third-order valence-electron chi connectivity index (χ3n) is 2.44. The average Bonchev–Trinajstić information content (AvgIpc) is 2.27. The smallest absolute Gasteiger partial charge is 0.157 e. The minimum Gasteiger partial charge on any atom is -0.393 e. The highest BCUT2D eigenvalue weighted by Gasteiger charge is 2.22. The summed E-state index contributed by atoms with van der Waals surface area (Å²) in [7, 11) is -3.18. The van der Waals surface area contributed by atoms with E-state index in [0.29, 0.717) is 0 Å². The highest BCUT2D eigenvalue weighted by molar-refractivity contribution is 7.91. The van der Waals surface area contributed by atoms with Gasteiger partial charge in [0.1, 0.15) is 0 Å². The summed E-state index contributed by atoms with van der Waals surface area (Å²) in [5.41, 5.74) is 6.10. The monoisotopic (exact) mass is 257 g/mol. The maximum atomic E-state index is 11.9. The fourth-order valence-corrected chi connectivity index (χ4v) is 3.01. The number of thiocarbonyl (C=S) groups is 1. The Kier molecular flexibility index (Phi) is 4.44. The molecule has 1 unspecified atom stereocenters. The van der Waals surface area contributed by atoms with E-state index in [4.69, 9.17) is 5.73 Å². The Labute approximate surface area is 102 Å². The van der Waals surface area contributed by atoms with Crippen LogP contribution in [0, 0.1) is 0 Å². The number of hydrogen-bond donors (Lipinski definition) is 1. The molecule has 1 atom stereocenters. The van der Waals surface area contributed by atoms with Crippen LogP contribution < -0.4 is 5.73 Å². The lowest BCUT2D eigenvalue weighted by molar-refractivity contribution is 0.586. The summed E-state index contributed by atoms with van der Waals surface area (Å²) in [5, 5.41) is -0.511. The normalized spacial score (nSPS) is 13.3. The van der Waals surface area contributed by atoms with Gasteiger partial charge in [-0.15, -0.1) is 0 Å². The Balaban J connectivity index is 2.81. The van der Waals surface area contributed by atoms with E-state index in [1.807, 2.05) is 30.3 Å². The van der Waals surface area contributed by atoms with Crippen molar-refractivity contribution in [3.8, 4) is 0 Å². The van der Waals surface area contributed by atoms with E-state index in [1.54, 1.807) is 6.92 Å². The maximum Gasteiger partial charge on any atom is 0.157 e. The fourth-order valence-electron chi connectivity index (χ4n) is 1.35. The predicted molar refractivity (Wildman–Crippen MR) is 70.0 cm³/mol. The Morgan fingerprint density at radius 2 is 1.94 bits per heavy atom. The summed E-state index contributed by atoms with van der Waals surface area (Å²) < 4.78 is 23.8. The van der Waals surface area contributed by atoms with Crippen molar-refractivity contribution in [1.82, 2.24) is 0 Å². The molecule has 0 fully saturated rings. The third kappa shape index (κ3) is 3.57. The Hall–Kier alpha value is -0.940. The SMILES string of the molecule is CC(c1ccccc1)S(=O)(=O)CCC(N)=S. The van der Waals surface area contributed by atoms with Crippen LogP contribution >= 0.6 is 12.2 Å². The van der Waals surface area contributed by atoms with Gasteiger partial charge >= 0.3 is 0 Å². The molecule has 3 nitrogen and oxygen atoms in total. The second-order valence-electron chi connectivity index (χ2n) is 3.64. The first-order chi connectivity index (χ1) is 7.43. The van der Waals surface area contributed by atoms with Crippen molar-refractivity contribution in [2.45, 2.75) is 18.6 Å². The van der Waals surface area contributed by atoms with Crippen molar-refractivity contribution < 1.29 is 8.42 Å². The molecular weight excluding hydrogens is 242 g/mol. The molecule has 0 bridgehead atoms. The van der Waals surface area contributed by atoms with Crippen LogP contribution in [0.5, 0.6) is 0 Å². The molecule has 0 heterocycles. The summed E-state index contributed by atoms with van der Waals surface area (Å²) in [5.74, 6) is 0.0123. The molecule has 0 saturated carbocycles. The van der Waals surface area contributed by atoms with Crippen molar-refractivity contribution in [3.63, 3.8) is 0 Å². The van der Waals surface area contributed by atoms with Gasteiger partial charge in [-0.1, -0.05) is 42.5 Å². The van der Waals surface area contributed by atoms with Crippen LogP contribution in [0.15, 0.2) is 30.3 Å². The van der Waals surface area contributed by atoms with Crippen molar-refractivity contribution in [1.29, 1.82) is 0 Å². The molecule has 0 saturated heterocycles. The van der Waals surface area contributed by atoms with Crippen LogP contribution in [-0.4, -0.2) is 19.2 Å². The molecule has 0 aromatic heterocycles. The number of sulfone groups is 1. The Bertz CT molecular complexity index is 454. The predicted octanol–water partition coefficient (Wildman–Crippen LogP) is 1.84. The average molecular weight is 257 g/mol. The van der Waals surface area contributed by atoms with Crippen LogP contribution in [0.1, 0.15) is 24.2 Å². The van der Waals surface area contributed by atoms with Crippen molar-refractivity contribution in [3.05, 3.63) is 35.9 Å². The number of nitrogens with two attached hydrogens (primary N) is 1. The van der Waals surface area contributed by atoms with Crippen molar-refractivity contribution in [2.75, 3.05) is 5.75 Å². The minimum absolute atomic E-state index is 0.0123. The molecule has 0 aliphatic carbocycles. The molecule has 0 aliphatic heterocycles. The van der Waals surface area contributed by atoms with E-state index in [-0.39, 0.29) is 17.2 Å². The highest BCUT2D eigenvalue weighted by Crippen LogP contribution is 2.22. The molecule has 5 heteroatoms. The molecular formula is C11H15NO2S2. The van der Waals surface area contributed by atoms with Crippen LogP contribution in [0.3, 0.4) is 0 Å². The summed E-state index contributed by atoms with van der Waals surface area (Å²) >= 11 is 4.68. The zero-order chi connectivity index (χ0) is 12.2. The van der Waals surface area contributed by atoms with Gasteiger partial charge in [0.25, 0.3) is 0 Å². The second kappa shape index (κ2) is 5.41. The fraction of sp³-hybridized carbons (Fsp3) is 0.364. The molecule has 0 spiro atoms. The molecule has 16 heavy (non-hydrogen) atoms. The van der Waals surface area contributed by atoms with Crippen molar-refractivity contribution in [2.24, 2.45) is 5.73 Å². The molecule has 0 aliphatic rings. The van der Waals surface area contributed by atoms with Gasteiger partial charge in [-0.3, -0.25) is 0 Å². The van der Waals surface area contributed by atoms with Crippen LogP contribution in [0.2, 0.25) is 0 Å². The van der Waals surface area contributed by atoms with Gasteiger partial charge in [0.15, 0.2) is 9.84 Å². The van der Waals surface area contributed by atoms with Gasteiger partial charge in [-0.05, 0) is 12.5 Å². The first-order valence-corrected chi connectivity index (χ1v) is 7.10. The van der Waals surface area contributed by atoms with E-state index in [0.717, 1.165) is 5.56 Å². The van der Waals surface area contributed by atoms with Gasteiger partial charge in [0.2, 0.25) is 0 Å². The zero-order valence-corrected chi connectivity index (χ0v) is 10.7. The van der Waals surface area contributed by atoms with E-state index in [9.17, 15) is 8.42 Å². The Morgan fingerprint density at radius 1 is 1.38 bits per heavy atom. The largest absolute Gasteiger partial charge is 0.393 e. The van der Waals surface area contributed by atoms with E-state index in [1.165, 1.54) is 0 Å². The lowest BCUT2D eigenvalue weighted by Gasteiger charge is -2.12. The van der Waals surface area contributed by atoms with Crippen molar-refractivity contribution >= 4 is 27.0 Å². The van der Waals surface area contributed by atoms with Gasteiger partial charge in [0, 0.05) is 6.42 Å². The van der Waals surface area contributed by atoms with Gasteiger partial charge in [-0.25, -0.2) is 8.42 Å². The standard InChI is InChI=1S/C11H15NO2S2/c1-9(10-5-3-2-4-6-10)16(13,14)8-7-11(12)15/h2-6,9H,7-8H2,1H3,(H2,12,15). The summed E-state index contributed by atoms with van der Waals surface area (Å²) in [6.07, 6.45) is 0.245.